The van der Waals surface area contributed by atoms with E-state index in [1.54, 1.807) is 24.4 Å². The van der Waals surface area contributed by atoms with Crippen LogP contribution in [-0.4, -0.2) is 31.2 Å². The summed E-state index contributed by atoms with van der Waals surface area (Å²) in [6, 6.07) is 11.2. The molecule has 1 saturated heterocycles. The van der Waals surface area contributed by atoms with Gasteiger partial charge in [-0.15, -0.1) is 0 Å². The van der Waals surface area contributed by atoms with Crippen molar-refractivity contribution in [1.82, 2.24) is 15.4 Å². The van der Waals surface area contributed by atoms with E-state index in [4.69, 9.17) is 12.2 Å². The lowest BCUT2D eigenvalue weighted by atomic mass is 10.2. The van der Waals surface area contributed by atoms with Crippen LogP contribution < -0.4 is 5.43 Å². The minimum Gasteiger partial charge on any atom is -0.508 e. The molecule has 1 aromatic carbocycles. The van der Waals surface area contributed by atoms with Crippen LogP contribution in [0.4, 0.5) is 0 Å². The molecule has 0 saturated carbocycles. The van der Waals surface area contributed by atoms with Gasteiger partial charge in [-0.25, -0.2) is 0 Å². The number of aromatic hydroxyl groups is 1. The number of phenols is 1. The Morgan fingerprint density at radius 3 is 2.83 bits per heavy atom. The lowest BCUT2D eigenvalue weighted by molar-refractivity contribution is -0.123. The molecule has 0 bridgehead atoms. The van der Waals surface area contributed by atoms with Crippen molar-refractivity contribution in [3.63, 3.8) is 0 Å². The van der Waals surface area contributed by atoms with E-state index in [9.17, 15) is 14.7 Å². The van der Waals surface area contributed by atoms with E-state index in [1.807, 2.05) is 6.07 Å². The molecule has 1 aliphatic heterocycles. The van der Waals surface area contributed by atoms with Crippen LogP contribution in [-0.2, 0) is 4.79 Å². The van der Waals surface area contributed by atoms with Crippen LogP contribution in [0.2, 0.25) is 0 Å². The van der Waals surface area contributed by atoms with Crippen molar-refractivity contribution in [3.05, 3.63) is 64.8 Å². The maximum atomic E-state index is 12.4. The largest absolute Gasteiger partial charge is 0.508 e. The summed E-state index contributed by atoms with van der Waals surface area (Å²) in [7, 11) is 0. The monoisotopic (exact) mass is 357 g/mol. The Morgan fingerprint density at radius 2 is 2.12 bits per heavy atom. The highest BCUT2D eigenvalue weighted by Gasteiger charge is 2.33. The molecule has 8 heteroatoms. The predicted molar refractivity (Wildman–Crippen MR) is 94.8 cm³/mol. The van der Waals surface area contributed by atoms with E-state index in [0.29, 0.717) is 10.6 Å². The zero-order valence-corrected chi connectivity index (χ0v) is 13.8. The van der Waals surface area contributed by atoms with Crippen molar-refractivity contribution in [2.24, 2.45) is 0 Å². The summed E-state index contributed by atoms with van der Waals surface area (Å²) in [5.74, 6) is -1.01. The average molecular weight is 357 g/mol. The Morgan fingerprint density at radius 1 is 1.29 bits per heavy atom. The maximum Gasteiger partial charge on any atom is 0.285 e. The van der Waals surface area contributed by atoms with Crippen molar-refractivity contribution in [2.75, 3.05) is 0 Å². The molecule has 0 spiro atoms. The number of aromatic nitrogens is 1. The number of nitrogens with one attached hydrogen (secondary N) is 1. The summed E-state index contributed by atoms with van der Waals surface area (Å²) in [6.45, 7) is 0. The van der Waals surface area contributed by atoms with E-state index in [2.05, 4.69) is 10.4 Å². The summed E-state index contributed by atoms with van der Waals surface area (Å²) in [6.07, 6.45) is 3.23. The van der Waals surface area contributed by atoms with Crippen molar-refractivity contribution < 1.29 is 14.7 Å². The average Bonchev–Trinajstić information content (AvgIpc) is 2.83. The molecule has 3 rings (SSSR count). The Hall–Kier alpha value is -2.71. The quantitative estimate of drug-likeness (QED) is 0.648. The van der Waals surface area contributed by atoms with Crippen LogP contribution >= 0.6 is 24.0 Å². The van der Waals surface area contributed by atoms with Crippen molar-refractivity contribution in [2.45, 2.75) is 0 Å². The number of hydrogen-bond acceptors (Lipinski definition) is 6. The SMILES string of the molecule is O=C(NN1C(=O)/C(=C/c2ccccn2)SC1=S)c1cccc(O)c1. The van der Waals surface area contributed by atoms with Crippen LogP contribution in [0.5, 0.6) is 5.75 Å². The predicted octanol–water partition coefficient (Wildman–Crippen LogP) is 2.33. The minimum atomic E-state index is -0.540. The fraction of sp³-hybridized carbons (Fsp3) is 0. The minimum absolute atomic E-state index is 0.0388. The molecule has 6 nitrogen and oxygen atoms in total. The molecule has 120 valence electrons. The zero-order valence-electron chi connectivity index (χ0n) is 12.2. The lowest BCUT2D eigenvalue weighted by Crippen LogP contribution is -2.44. The number of carbonyl (C=O) groups is 2. The highest BCUT2D eigenvalue weighted by molar-refractivity contribution is 8.26. The summed E-state index contributed by atoms with van der Waals surface area (Å²) >= 11 is 6.23. The van der Waals surface area contributed by atoms with Gasteiger partial charge in [-0.3, -0.25) is 20.0 Å². The van der Waals surface area contributed by atoms with Crippen LogP contribution in [0.15, 0.2) is 53.6 Å². The Labute approximate surface area is 147 Å². The highest BCUT2D eigenvalue weighted by atomic mass is 32.2. The van der Waals surface area contributed by atoms with Gasteiger partial charge in [-0.05, 0) is 48.6 Å². The number of carbonyl (C=O) groups excluding carboxylic acids is 2. The van der Waals surface area contributed by atoms with E-state index >= 15 is 0 Å². The van der Waals surface area contributed by atoms with Crippen molar-refractivity contribution in [3.8, 4) is 5.75 Å². The fourth-order valence-corrected chi connectivity index (χ4v) is 3.14. The third-order valence-electron chi connectivity index (χ3n) is 3.08. The van der Waals surface area contributed by atoms with E-state index in [1.165, 1.54) is 24.3 Å². The van der Waals surface area contributed by atoms with E-state index < -0.39 is 11.8 Å². The molecule has 2 heterocycles. The molecule has 24 heavy (non-hydrogen) atoms. The van der Waals surface area contributed by atoms with Crippen LogP contribution in [0, 0.1) is 0 Å². The van der Waals surface area contributed by atoms with Gasteiger partial charge in [-0.1, -0.05) is 23.9 Å². The number of benzene rings is 1. The second-order valence-electron chi connectivity index (χ2n) is 4.76. The summed E-state index contributed by atoms with van der Waals surface area (Å²) < 4.78 is 0.218. The molecule has 0 aliphatic carbocycles. The number of phenolic OH excluding ortho intramolecular Hbond substituents is 1. The number of amides is 2. The van der Waals surface area contributed by atoms with Gasteiger partial charge in [0.25, 0.3) is 11.8 Å². The van der Waals surface area contributed by atoms with Gasteiger partial charge in [-0.2, -0.15) is 5.01 Å². The van der Waals surface area contributed by atoms with Crippen molar-refractivity contribution in [1.29, 1.82) is 0 Å². The van der Waals surface area contributed by atoms with Gasteiger partial charge < -0.3 is 5.11 Å². The third kappa shape index (κ3) is 3.44. The second-order valence-corrected chi connectivity index (χ2v) is 6.44. The summed E-state index contributed by atoms with van der Waals surface area (Å²) in [4.78, 5) is 29.1. The molecule has 0 unspecified atom stereocenters. The smallest absolute Gasteiger partial charge is 0.285 e. The van der Waals surface area contributed by atoms with Gasteiger partial charge in [0.2, 0.25) is 0 Å². The molecule has 1 fully saturated rings. The first-order valence-corrected chi connectivity index (χ1v) is 8.06. The zero-order chi connectivity index (χ0) is 17.1. The molecule has 1 aromatic heterocycles. The Kier molecular flexibility index (Phi) is 4.59. The van der Waals surface area contributed by atoms with Crippen LogP contribution in [0.1, 0.15) is 16.1 Å². The molecule has 2 aromatic rings. The van der Waals surface area contributed by atoms with Crippen LogP contribution in [0.25, 0.3) is 6.08 Å². The Balaban J connectivity index is 1.77. The Bertz CT molecular complexity index is 853. The second kappa shape index (κ2) is 6.81. The summed E-state index contributed by atoms with van der Waals surface area (Å²) in [5, 5.41) is 10.4. The molecule has 2 amide bonds. The number of pyridine rings is 1. The van der Waals surface area contributed by atoms with Gasteiger partial charge in [0.05, 0.1) is 10.6 Å². The van der Waals surface area contributed by atoms with Crippen LogP contribution in [0.3, 0.4) is 0 Å². The molecule has 0 atom stereocenters. The maximum absolute atomic E-state index is 12.4. The molecular formula is C16H11N3O3S2. The lowest BCUT2D eigenvalue weighted by Gasteiger charge is -2.15. The molecular weight excluding hydrogens is 346 g/mol. The number of nitrogens with zero attached hydrogens (tertiary/aromatic N) is 2. The van der Waals surface area contributed by atoms with Gasteiger partial charge >= 0.3 is 0 Å². The van der Waals surface area contributed by atoms with Crippen molar-refractivity contribution >= 4 is 46.2 Å². The topological polar surface area (TPSA) is 82.5 Å². The van der Waals surface area contributed by atoms with E-state index in [0.717, 1.165) is 16.8 Å². The standard InChI is InChI=1S/C16H11N3O3S2/c20-12-6-3-4-10(8-12)14(21)18-19-15(22)13(24-16(19)23)9-11-5-1-2-7-17-11/h1-9,20H,(H,18,21)/b13-9-. The first-order valence-electron chi connectivity index (χ1n) is 6.83. The first-order chi connectivity index (χ1) is 11.5. The number of thioether (sulfide) groups is 1. The fourth-order valence-electron chi connectivity index (χ4n) is 1.97. The van der Waals surface area contributed by atoms with Gasteiger partial charge in [0.15, 0.2) is 4.32 Å². The normalized spacial score (nSPS) is 15.8. The first kappa shape index (κ1) is 16.2. The number of thiocarbonyl (C=S) groups is 1. The molecule has 2 N–H and O–H groups in total. The third-order valence-corrected chi connectivity index (χ3v) is 4.38. The number of rotatable bonds is 3. The van der Waals surface area contributed by atoms with Gasteiger partial charge in [0.1, 0.15) is 5.75 Å². The number of hydrogen-bond donors (Lipinski definition) is 2. The van der Waals surface area contributed by atoms with Gasteiger partial charge in [0, 0.05) is 11.8 Å². The number of hydrazine groups is 1. The molecule has 1 aliphatic rings. The highest BCUT2D eigenvalue weighted by Crippen LogP contribution is 2.31. The summed E-state index contributed by atoms with van der Waals surface area (Å²) in [5.41, 5.74) is 3.29. The van der Waals surface area contributed by atoms with E-state index in [-0.39, 0.29) is 15.6 Å². The molecule has 0 radical (unpaired) electrons.